The van der Waals surface area contributed by atoms with Gasteiger partial charge < -0.3 is 9.84 Å². The van der Waals surface area contributed by atoms with Gasteiger partial charge in [0.1, 0.15) is 5.75 Å². The highest BCUT2D eigenvalue weighted by atomic mass is 32.2. The Bertz CT molecular complexity index is 418. The minimum atomic E-state index is 0.113. The van der Waals surface area contributed by atoms with Crippen LogP contribution in [0.5, 0.6) is 5.75 Å². The lowest BCUT2D eigenvalue weighted by Crippen LogP contribution is -1.92. The standard InChI is InChI=1S/C15H20O2S/c1-3-10-18-12-14-11-13(6-4-5-9-16)7-8-15(14)17-2/h7-8,11,16H,3,5,9-10,12H2,1-2H3. The Morgan fingerprint density at radius 3 is 2.89 bits per heavy atom. The van der Waals surface area contributed by atoms with Gasteiger partial charge in [0.15, 0.2) is 0 Å². The molecule has 0 fully saturated rings. The van der Waals surface area contributed by atoms with Crippen molar-refractivity contribution in [2.75, 3.05) is 19.5 Å². The quantitative estimate of drug-likeness (QED) is 0.632. The molecule has 2 nitrogen and oxygen atoms in total. The second-order valence-corrected chi connectivity index (χ2v) is 4.96. The van der Waals surface area contributed by atoms with E-state index in [0.29, 0.717) is 6.42 Å². The average Bonchev–Trinajstić information content (AvgIpc) is 2.40. The molecular formula is C15H20O2S. The lowest BCUT2D eigenvalue weighted by molar-refractivity contribution is 0.305. The molecule has 0 heterocycles. The fraction of sp³-hybridized carbons (Fsp3) is 0.467. The fourth-order valence-electron chi connectivity index (χ4n) is 1.52. The number of ether oxygens (including phenoxy) is 1. The summed E-state index contributed by atoms with van der Waals surface area (Å²) in [5.74, 6) is 9.02. The van der Waals surface area contributed by atoms with Crippen LogP contribution >= 0.6 is 11.8 Å². The van der Waals surface area contributed by atoms with Gasteiger partial charge in [0, 0.05) is 23.3 Å². The molecule has 0 amide bonds. The summed E-state index contributed by atoms with van der Waals surface area (Å²) in [7, 11) is 1.69. The molecule has 0 radical (unpaired) electrons. The van der Waals surface area contributed by atoms with E-state index >= 15 is 0 Å². The van der Waals surface area contributed by atoms with Crippen LogP contribution in [-0.2, 0) is 5.75 Å². The monoisotopic (exact) mass is 264 g/mol. The van der Waals surface area contributed by atoms with Crippen LogP contribution in [0.3, 0.4) is 0 Å². The highest BCUT2D eigenvalue weighted by molar-refractivity contribution is 7.98. The smallest absolute Gasteiger partial charge is 0.122 e. The molecule has 18 heavy (non-hydrogen) atoms. The number of rotatable bonds is 6. The van der Waals surface area contributed by atoms with Crippen molar-refractivity contribution in [3.63, 3.8) is 0 Å². The number of benzene rings is 1. The number of aliphatic hydroxyl groups excluding tert-OH is 1. The summed E-state index contributed by atoms with van der Waals surface area (Å²) in [6.45, 7) is 2.30. The molecule has 3 heteroatoms. The first-order chi connectivity index (χ1) is 8.81. The number of hydrogen-bond donors (Lipinski definition) is 1. The van der Waals surface area contributed by atoms with Crippen molar-refractivity contribution < 1.29 is 9.84 Å². The summed E-state index contributed by atoms with van der Waals surface area (Å²) >= 11 is 1.90. The Kier molecular flexibility index (Phi) is 7.40. The van der Waals surface area contributed by atoms with E-state index in [4.69, 9.17) is 9.84 Å². The summed E-state index contributed by atoms with van der Waals surface area (Å²) in [5.41, 5.74) is 2.17. The third-order valence-electron chi connectivity index (χ3n) is 2.36. The summed E-state index contributed by atoms with van der Waals surface area (Å²) < 4.78 is 5.36. The molecule has 1 aromatic carbocycles. The Morgan fingerprint density at radius 2 is 2.22 bits per heavy atom. The van der Waals surface area contributed by atoms with Crippen LogP contribution in [0.25, 0.3) is 0 Å². The van der Waals surface area contributed by atoms with Gasteiger partial charge in [0.05, 0.1) is 13.7 Å². The molecule has 98 valence electrons. The number of thioether (sulfide) groups is 1. The maximum atomic E-state index is 8.70. The summed E-state index contributed by atoms with van der Waals surface area (Å²) in [4.78, 5) is 0. The van der Waals surface area contributed by atoms with Crippen molar-refractivity contribution in [2.24, 2.45) is 0 Å². The van der Waals surface area contributed by atoms with Crippen molar-refractivity contribution in [3.05, 3.63) is 29.3 Å². The van der Waals surface area contributed by atoms with Gasteiger partial charge in [0.25, 0.3) is 0 Å². The van der Waals surface area contributed by atoms with E-state index in [1.165, 1.54) is 12.0 Å². The molecule has 0 atom stereocenters. The van der Waals surface area contributed by atoms with Crippen molar-refractivity contribution in [1.29, 1.82) is 0 Å². The second-order valence-electron chi connectivity index (χ2n) is 3.85. The highest BCUT2D eigenvalue weighted by Crippen LogP contribution is 2.24. The van der Waals surface area contributed by atoms with Crippen LogP contribution in [-0.4, -0.2) is 24.6 Å². The molecule has 0 aliphatic carbocycles. The first-order valence-electron chi connectivity index (χ1n) is 6.16. The van der Waals surface area contributed by atoms with Gasteiger partial charge in [0.2, 0.25) is 0 Å². The van der Waals surface area contributed by atoms with Crippen LogP contribution < -0.4 is 4.74 Å². The zero-order chi connectivity index (χ0) is 13.2. The van der Waals surface area contributed by atoms with E-state index in [1.807, 2.05) is 23.9 Å². The second kappa shape index (κ2) is 8.91. The molecule has 0 aromatic heterocycles. The van der Waals surface area contributed by atoms with E-state index < -0.39 is 0 Å². The molecular weight excluding hydrogens is 244 g/mol. The van der Waals surface area contributed by atoms with Gasteiger partial charge >= 0.3 is 0 Å². The Labute approximate surface area is 114 Å². The van der Waals surface area contributed by atoms with Gasteiger partial charge in [-0.15, -0.1) is 0 Å². The van der Waals surface area contributed by atoms with E-state index in [1.54, 1.807) is 7.11 Å². The van der Waals surface area contributed by atoms with Crippen LogP contribution in [0.2, 0.25) is 0 Å². The molecule has 0 spiro atoms. The van der Waals surface area contributed by atoms with Crippen molar-refractivity contribution in [1.82, 2.24) is 0 Å². The number of aliphatic hydroxyl groups is 1. The third-order valence-corrected chi connectivity index (χ3v) is 3.57. The molecule has 0 saturated carbocycles. The Balaban J connectivity index is 2.78. The van der Waals surface area contributed by atoms with E-state index in [2.05, 4.69) is 24.8 Å². The average molecular weight is 264 g/mol. The lowest BCUT2D eigenvalue weighted by Gasteiger charge is -2.08. The summed E-state index contributed by atoms with van der Waals surface area (Å²) in [6, 6.07) is 5.99. The molecule has 0 bridgehead atoms. The summed E-state index contributed by atoms with van der Waals surface area (Å²) in [6.07, 6.45) is 1.70. The minimum absolute atomic E-state index is 0.113. The first kappa shape index (κ1) is 14.9. The maximum absolute atomic E-state index is 8.70. The number of hydrogen-bond acceptors (Lipinski definition) is 3. The van der Waals surface area contributed by atoms with Crippen LogP contribution in [0, 0.1) is 11.8 Å². The first-order valence-corrected chi connectivity index (χ1v) is 7.31. The fourth-order valence-corrected chi connectivity index (χ4v) is 2.39. The maximum Gasteiger partial charge on any atom is 0.122 e. The predicted octanol–water partition coefficient (Wildman–Crippen LogP) is 3.07. The third kappa shape index (κ3) is 5.03. The van der Waals surface area contributed by atoms with Gasteiger partial charge in [-0.2, -0.15) is 11.8 Å². The lowest BCUT2D eigenvalue weighted by atomic mass is 10.1. The van der Waals surface area contributed by atoms with Gasteiger partial charge in [-0.1, -0.05) is 18.8 Å². The van der Waals surface area contributed by atoms with Crippen LogP contribution in [0.15, 0.2) is 18.2 Å². The molecule has 1 N–H and O–H groups in total. The zero-order valence-electron chi connectivity index (χ0n) is 11.0. The van der Waals surface area contributed by atoms with Crippen LogP contribution in [0.1, 0.15) is 30.9 Å². The van der Waals surface area contributed by atoms with Crippen molar-refractivity contribution in [2.45, 2.75) is 25.5 Å². The highest BCUT2D eigenvalue weighted by Gasteiger charge is 2.03. The largest absolute Gasteiger partial charge is 0.496 e. The van der Waals surface area contributed by atoms with E-state index in [0.717, 1.165) is 22.8 Å². The molecule has 0 aliphatic rings. The minimum Gasteiger partial charge on any atom is -0.496 e. The van der Waals surface area contributed by atoms with E-state index in [-0.39, 0.29) is 6.61 Å². The topological polar surface area (TPSA) is 29.5 Å². The SMILES string of the molecule is CCCSCc1cc(C#CCCO)ccc1OC. The molecule has 1 rings (SSSR count). The number of methoxy groups -OCH3 is 1. The van der Waals surface area contributed by atoms with Crippen molar-refractivity contribution >= 4 is 11.8 Å². The molecule has 0 unspecified atom stereocenters. The van der Waals surface area contributed by atoms with Crippen LogP contribution in [0.4, 0.5) is 0 Å². The Morgan fingerprint density at radius 1 is 1.39 bits per heavy atom. The van der Waals surface area contributed by atoms with Crippen molar-refractivity contribution in [3.8, 4) is 17.6 Å². The van der Waals surface area contributed by atoms with Gasteiger partial charge in [-0.05, 0) is 30.4 Å². The van der Waals surface area contributed by atoms with Gasteiger partial charge in [-0.3, -0.25) is 0 Å². The molecule has 0 saturated heterocycles. The summed E-state index contributed by atoms with van der Waals surface area (Å²) in [5, 5.41) is 8.70. The normalized spacial score (nSPS) is 9.72. The predicted molar refractivity (Wildman–Crippen MR) is 78.0 cm³/mol. The van der Waals surface area contributed by atoms with E-state index in [9.17, 15) is 0 Å². The van der Waals surface area contributed by atoms with Gasteiger partial charge in [-0.25, -0.2) is 0 Å². The Hall–Kier alpha value is -1.11. The molecule has 1 aromatic rings. The molecule has 0 aliphatic heterocycles. The zero-order valence-corrected chi connectivity index (χ0v) is 11.8.